The van der Waals surface area contributed by atoms with E-state index in [-0.39, 0.29) is 5.91 Å². The summed E-state index contributed by atoms with van der Waals surface area (Å²) in [5, 5.41) is 5.86. The average molecular weight is 247 g/mol. The lowest BCUT2D eigenvalue weighted by Gasteiger charge is -2.17. The van der Waals surface area contributed by atoms with E-state index in [1.807, 2.05) is 7.05 Å². The number of hydrogen-bond donors (Lipinski definition) is 2. The Labute approximate surface area is 104 Å². The molecular formula is C11H25N3OS. The Morgan fingerprint density at radius 2 is 1.94 bits per heavy atom. The standard InChI is InChI=1S/C11H25N3OS/c1-4-14(5-2)8-9-16-10-11(15)13-7-6-12-3/h12H,4-10H2,1-3H3,(H,13,15). The summed E-state index contributed by atoms with van der Waals surface area (Å²) in [5.41, 5.74) is 0. The summed E-state index contributed by atoms with van der Waals surface area (Å²) in [6.07, 6.45) is 0. The van der Waals surface area contributed by atoms with Crippen molar-refractivity contribution in [3.63, 3.8) is 0 Å². The summed E-state index contributed by atoms with van der Waals surface area (Å²) in [5.74, 6) is 1.74. The van der Waals surface area contributed by atoms with Gasteiger partial charge in [0.15, 0.2) is 0 Å². The van der Waals surface area contributed by atoms with E-state index in [2.05, 4.69) is 29.4 Å². The molecule has 5 heteroatoms. The first-order chi connectivity index (χ1) is 7.74. The van der Waals surface area contributed by atoms with Crippen molar-refractivity contribution >= 4 is 17.7 Å². The van der Waals surface area contributed by atoms with E-state index in [0.29, 0.717) is 12.3 Å². The molecule has 0 aliphatic rings. The molecule has 0 spiro atoms. The number of nitrogens with zero attached hydrogens (tertiary/aromatic N) is 1. The molecule has 0 radical (unpaired) electrons. The van der Waals surface area contributed by atoms with Crippen molar-refractivity contribution in [2.75, 3.05) is 51.3 Å². The van der Waals surface area contributed by atoms with Crippen LogP contribution in [0.5, 0.6) is 0 Å². The second-order valence-corrected chi connectivity index (χ2v) is 4.64. The molecule has 0 heterocycles. The van der Waals surface area contributed by atoms with Gasteiger partial charge in [-0.2, -0.15) is 11.8 Å². The van der Waals surface area contributed by atoms with Crippen LogP contribution in [-0.2, 0) is 4.79 Å². The molecule has 0 fully saturated rings. The first kappa shape index (κ1) is 15.7. The highest BCUT2D eigenvalue weighted by Crippen LogP contribution is 2.00. The predicted molar refractivity (Wildman–Crippen MR) is 72.0 cm³/mol. The van der Waals surface area contributed by atoms with Gasteiger partial charge in [-0.3, -0.25) is 4.79 Å². The van der Waals surface area contributed by atoms with Crippen LogP contribution in [0.2, 0.25) is 0 Å². The van der Waals surface area contributed by atoms with Crippen molar-refractivity contribution in [2.24, 2.45) is 0 Å². The summed E-state index contributed by atoms with van der Waals surface area (Å²) in [4.78, 5) is 13.7. The Bertz CT molecular complexity index is 175. The van der Waals surface area contributed by atoms with Crippen LogP contribution < -0.4 is 10.6 Å². The average Bonchev–Trinajstić information content (AvgIpc) is 2.30. The number of hydrogen-bond acceptors (Lipinski definition) is 4. The van der Waals surface area contributed by atoms with E-state index in [1.54, 1.807) is 11.8 Å². The molecule has 0 rings (SSSR count). The summed E-state index contributed by atoms with van der Waals surface area (Å²) in [6.45, 7) is 9.12. The van der Waals surface area contributed by atoms with E-state index in [4.69, 9.17) is 0 Å². The molecule has 2 N–H and O–H groups in total. The van der Waals surface area contributed by atoms with Gasteiger partial charge in [0.2, 0.25) is 5.91 Å². The van der Waals surface area contributed by atoms with Crippen LogP contribution in [0.25, 0.3) is 0 Å². The van der Waals surface area contributed by atoms with Crippen LogP contribution in [-0.4, -0.2) is 62.1 Å². The summed E-state index contributed by atoms with van der Waals surface area (Å²) in [6, 6.07) is 0. The van der Waals surface area contributed by atoms with Gasteiger partial charge in [-0.25, -0.2) is 0 Å². The van der Waals surface area contributed by atoms with E-state index < -0.39 is 0 Å². The highest BCUT2D eigenvalue weighted by Gasteiger charge is 2.02. The van der Waals surface area contributed by atoms with Gasteiger partial charge in [0, 0.05) is 25.4 Å². The largest absolute Gasteiger partial charge is 0.354 e. The van der Waals surface area contributed by atoms with Crippen molar-refractivity contribution in [1.29, 1.82) is 0 Å². The smallest absolute Gasteiger partial charge is 0.230 e. The number of nitrogens with one attached hydrogen (secondary N) is 2. The number of amides is 1. The number of carbonyl (C=O) groups excluding carboxylic acids is 1. The lowest BCUT2D eigenvalue weighted by molar-refractivity contribution is -0.118. The number of rotatable bonds is 10. The molecule has 0 atom stereocenters. The van der Waals surface area contributed by atoms with Crippen LogP contribution in [0.3, 0.4) is 0 Å². The van der Waals surface area contributed by atoms with Crippen molar-refractivity contribution in [2.45, 2.75) is 13.8 Å². The lowest BCUT2D eigenvalue weighted by Crippen LogP contribution is -2.32. The maximum absolute atomic E-state index is 11.3. The number of likely N-dealkylation sites (N-methyl/N-ethyl adjacent to an activating group) is 1. The summed E-state index contributed by atoms with van der Waals surface area (Å²) >= 11 is 1.70. The Morgan fingerprint density at radius 3 is 2.50 bits per heavy atom. The zero-order valence-electron chi connectivity index (χ0n) is 10.7. The van der Waals surface area contributed by atoms with Gasteiger partial charge in [0.25, 0.3) is 0 Å². The van der Waals surface area contributed by atoms with Gasteiger partial charge in [-0.1, -0.05) is 13.8 Å². The van der Waals surface area contributed by atoms with Crippen LogP contribution in [0.1, 0.15) is 13.8 Å². The molecule has 0 saturated carbocycles. The van der Waals surface area contributed by atoms with Gasteiger partial charge in [-0.05, 0) is 20.1 Å². The fraction of sp³-hybridized carbons (Fsp3) is 0.909. The van der Waals surface area contributed by atoms with Gasteiger partial charge >= 0.3 is 0 Å². The van der Waals surface area contributed by atoms with Crippen molar-refractivity contribution < 1.29 is 4.79 Å². The van der Waals surface area contributed by atoms with Crippen LogP contribution >= 0.6 is 11.8 Å². The third kappa shape index (κ3) is 9.00. The minimum absolute atomic E-state index is 0.139. The third-order valence-corrected chi connectivity index (χ3v) is 3.31. The van der Waals surface area contributed by atoms with E-state index >= 15 is 0 Å². The Hall–Kier alpha value is -0.260. The quantitative estimate of drug-likeness (QED) is 0.549. The Balaban J connectivity index is 3.33. The molecule has 4 nitrogen and oxygen atoms in total. The fourth-order valence-corrected chi connectivity index (χ4v) is 2.10. The molecule has 1 amide bonds. The molecule has 0 bridgehead atoms. The monoisotopic (exact) mass is 247 g/mol. The molecule has 0 aliphatic heterocycles. The molecule has 16 heavy (non-hydrogen) atoms. The second-order valence-electron chi connectivity index (χ2n) is 3.53. The number of thioether (sulfide) groups is 1. The van der Waals surface area contributed by atoms with Crippen molar-refractivity contribution in [3.8, 4) is 0 Å². The molecular weight excluding hydrogens is 222 g/mol. The molecule has 0 aromatic carbocycles. The first-order valence-corrected chi connectivity index (χ1v) is 7.11. The maximum atomic E-state index is 11.3. The highest BCUT2D eigenvalue weighted by molar-refractivity contribution is 7.99. The minimum atomic E-state index is 0.139. The maximum Gasteiger partial charge on any atom is 0.230 e. The van der Waals surface area contributed by atoms with Crippen molar-refractivity contribution in [1.82, 2.24) is 15.5 Å². The lowest BCUT2D eigenvalue weighted by atomic mass is 10.5. The van der Waals surface area contributed by atoms with E-state index in [0.717, 1.165) is 31.9 Å². The van der Waals surface area contributed by atoms with Gasteiger partial charge in [0.05, 0.1) is 5.75 Å². The Kier molecular flexibility index (Phi) is 11.0. The first-order valence-electron chi connectivity index (χ1n) is 5.96. The topological polar surface area (TPSA) is 44.4 Å². The Morgan fingerprint density at radius 1 is 1.25 bits per heavy atom. The highest BCUT2D eigenvalue weighted by atomic mass is 32.2. The molecule has 0 unspecified atom stereocenters. The van der Waals surface area contributed by atoms with E-state index in [1.165, 1.54) is 0 Å². The molecule has 0 aromatic rings. The summed E-state index contributed by atoms with van der Waals surface area (Å²) < 4.78 is 0. The molecule has 0 aliphatic carbocycles. The second kappa shape index (κ2) is 11.2. The van der Waals surface area contributed by atoms with Gasteiger partial charge < -0.3 is 15.5 Å². The molecule has 0 aromatic heterocycles. The zero-order chi connectivity index (χ0) is 12.2. The van der Waals surface area contributed by atoms with Crippen LogP contribution in [0.15, 0.2) is 0 Å². The normalized spacial score (nSPS) is 10.8. The third-order valence-electron chi connectivity index (χ3n) is 2.38. The van der Waals surface area contributed by atoms with Crippen LogP contribution in [0.4, 0.5) is 0 Å². The number of carbonyl (C=O) groups is 1. The van der Waals surface area contributed by atoms with E-state index in [9.17, 15) is 4.79 Å². The summed E-state index contributed by atoms with van der Waals surface area (Å²) in [7, 11) is 1.88. The molecule has 0 saturated heterocycles. The van der Waals surface area contributed by atoms with Gasteiger partial charge in [-0.15, -0.1) is 0 Å². The molecule has 96 valence electrons. The predicted octanol–water partition coefficient (Wildman–Crippen LogP) is 0.397. The zero-order valence-corrected chi connectivity index (χ0v) is 11.5. The van der Waals surface area contributed by atoms with Crippen LogP contribution in [0, 0.1) is 0 Å². The van der Waals surface area contributed by atoms with Gasteiger partial charge in [0.1, 0.15) is 0 Å². The fourth-order valence-electron chi connectivity index (χ4n) is 1.28. The minimum Gasteiger partial charge on any atom is -0.354 e. The SMILES string of the molecule is CCN(CC)CCSCC(=O)NCCNC. The van der Waals surface area contributed by atoms with Crippen molar-refractivity contribution in [3.05, 3.63) is 0 Å².